The second-order valence-corrected chi connectivity index (χ2v) is 8.86. The molecule has 0 radical (unpaired) electrons. The summed E-state index contributed by atoms with van der Waals surface area (Å²) in [5.74, 6) is 1.02. The van der Waals surface area contributed by atoms with Crippen molar-refractivity contribution in [1.82, 2.24) is 0 Å². The summed E-state index contributed by atoms with van der Waals surface area (Å²) in [6.45, 7) is 7.73. The Bertz CT molecular complexity index is 607. The number of hydrogen-bond acceptors (Lipinski definition) is 2. The summed E-state index contributed by atoms with van der Waals surface area (Å²) >= 11 is -0.218. The van der Waals surface area contributed by atoms with E-state index in [4.69, 9.17) is 4.74 Å². The van der Waals surface area contributed by atoms with Gasteiger partial charge in [0.1, 0.15) is 0 Å². The Morgan fingerprint density at radius 1 is 0.905 bits per heavy atom. The van der Waals surface area contributed by atoms with Gasteiger partial charge < -0.3 is 0 Å². The molecular weight excluding hydrogens is 375 g/mol. The van der Waals surface area contributed by atoms with E-state index in [2.05, 4.69) is 24.3 Å². The molecule has 0 aliphatic rings. The Labute approximate surface area is 136 Å². The molecule has 0 aliphatic carbocycles. The molecule has 0 N–H and O–H groups in total. The number of rotatable bonds is 4. The summed E-state index contributed by atoms with van der Waals surface area (Å²) in [6, 6.07) is 16.3. The third-order valence-electron chi connectivity index (χ3n) is 2.71. The minimum atomic E-state index is -0.218. The first-order chi connectivity index (χ1) is 9.83. The van der Waals surface area contributed by atoms with Gasteiger partial charge in [-0.3, -0.25) is 0 Å². The molecule has 0 amide bonds. The summed E-state index contributed by atoms with van der Waals surface area (Å²) in [4.78, 5) is 11.3. The van der Waals surface area contributed by atoms with Gasteiger partial charge in [0.15, 0.2) is 0 Å². The van der Waals surface area contributed by atoms with Gasteiger partial charge in [-0.25, -0.2) is 0 Å². The van der Waals surface area contributed by atoms with Crippen molar-refractivity contribution in [3.05, 3.63) is 61.2 Å². The van der Waals surface area contributed by atoms with Gasteiger partial charge in [0.2, 0.25) is 0 Å². The van der Waals surface area contributed by atoms with Gasteiger partial charge in [-0.2, -0.15) is 0 Å². The summed E-state index contributed by atoms with van der Waals surface area (Å²) in [5, 5.41) is 0. The van der Waals surface area contributed by atoms with Crippen molar-refractivity contribution in [1.29, 1.82) is 0 Å². The van der Waals surface area contributed by atoms with Crippen LogP contribution in [-0.4, -0.2) is 11.4 Å². The van der Waals surface area contributed by atoms with Crippen LogP contribution in [-0.2, 0) is 0 Å². The van der Waals surface area contributed by atoms with Crippen LogP contribution in [0.15, 0.2) is 48.5 Å². The standard InChI is InChI=1S/C18H20IO2/c1-13(20)14-5-7-15(8-6-14)19-16-9-11-17(12-10-16)21-18(2,3)4/h5-12H,1-4H3/q-1. The van der Waals surface area contributed by atoms with E-state index in [0.717, 1.165) is 11.3 Å². The molecule has 0 saturated carbocycles. The molecule has 0 bridgehead atoms. The van der Waals surface area contributed by atoms with E-state index in [1.807, 2.05) is 45.0 Å². The maximum absolute atomic E-state index is 11.3. The van der Waals surface area contributed by atoms with Crippen LogP contribution in [0, 0.1) is 7.14 Å². The van der Waals surface area contributed by atoms with Crippen LogP contribution in [0.1, 0.15) is 38.1 Å². The van der Waals surface area contributed by atoms with Crippen LogP contribution >= 0.6 is 0 Å². The average molecular weight is 395 g/mol. The SMILES string of the molecule is CC(=O)c1ccc([I-]c2ccc(OC(C)(C)C)cc2)cc1. The molecular formula is C18H20IO2-. The van der Waals surface area contributed by atoms with Crippen LogP contribution in [0.2, 0.25) is 0 Å². The van der Waals surface area contributed by atoms with Crippen LogP contribution in [0.25, 0.3) is 0 Å². The van der Waals surface area contributed by atoms with Crippen molar-refractivity contribution in [2.75, 3.05) is 0 Å². The van der Waals surface area contributed by atoms with Gasteiger partial charge in [-0.15, -0.1) is 0 Å². The number of halogens is 1. The number of hydrogen-bond donors (Lipinski definition) is 0. The predicted octanol–water partition coefficient (Wildman–Crippen LogP) is 1.19. The Kier molecular flexibility index (Phi) is 5.04. The molecule has 0 unspecified atom stereocenters. The summed E-state index contributed by atoms with van der Waals surface area (Å²) < 4.78 is 8.47. The van der Waals surface area contributed by atoms with E-state index in [-0.39, 0.29) is 32.6 Å². The van der Waals surface area contributed by atoms with Crippen LogP contribution in [0.5, 0.6) is 5.75 Å². The summed E-state index contributed by atoms with van der Waals surface area (Å²) in [7, 11) is 0. The normalized spacial score (nSPS) is 11.4. The number of carbonyl (C=O) groups excluding carboxylic acids is 1. The summed E-state index contributed by atoms with van der Waals surface area (Å²) in [6.07, 6.45) is 0. The topological polar surface area (TPSA) is 26.3 Å². The molecule has 112 valence electrons. The molecule has 2 nitrogen and oxygen atoms in total. The Morgan fingerprint density at radius 2 is 1.38 bits per heavy atom. The molecule has 0 heterocycles. The molecule has 0 saturated heterocycles. The molecule has 0 aliphatic heterocycles. The van der Waals surface area contributed by atoms with Crippen LogP contribution in [0.4, 0.5) is 0 Å². The zero-order valence-electron chi connectivity index (χ0n) is 12.8. The van der Waals surface area contributed by atoms with Crippen LogP contribution < -0.4 is 25.9 Å². The van der Waals surface area contributed by atoms with Gasteiger partial charge in [0.25, 0.3) is 0 Å². The van der Waals surface area contributed by atoms with E-state index in [0.29, 0.717) is 0 Å². The number of ether oxygens (including phenoxy) is 1. The number of carbonyl (C=O) groups is 1. The van der Waals surface area contributed by atoms with Gasteiger partial charge in [-0.05, 0) is 0 Å². The molecule has 0 spiro atoms. The van der Waals surface area contributed by atoms with Crippen molar-refractivity contribution < 1.29 is 30.7 Å². The van der Waals surface area contributed by atoms with Gasteiger partial charge in [0, 0.05) is 0 Å². The Morgan fingerprint density at radius 3 is 1.81 bits per heavy atom. The average Bonchev–Trinajstić information content (AvgIpc) is 2.40. The molecule has 0 aromatic heterocycles. The molecule has 0 atom stereocenters. The zero-order chi connectivity index (χ0) is 15.5. The van der Waals surface area contributed by atoms with Crippen molar-refractivity contribution in [2.24, 2.45) is 0 Å². The first-order valence-electron chi connectivity index (χ1n) is 6.88. The third kappa shape index (κ3) is 5.16. The van der Waals surface area contributed by atoms with E-state index in [1.54, 1.807) is 6.92 Å². The van der Waals surface area contributed by atoms with E-state index in [9.17, 15) is 4.79 Å². The molecule has 3 heteroatoms. The monoisotopic (exact) mass is 395 g/mol. The summed E-state index contributed by atoms with van der Waals surface area (Å²) in [5.41, 5.74) is 0.607. The molecule has 2 aromatic carbocycles. The van der Waals surface area contributed by atoms with E-state index < -0.39 is 0 Å². The van der Waals surface area contributed by atoms with E-state index >= 15 is 0 Å². The fourth-order valence-electron chi connectivity index (χ4n) is 1.79. The predicted molar refractivity (Wildman–Crippen MR) is 80.7 cm³/mol. The second kappa shape index (κ2) is 6.60. The third-order valence-corrected chi connectivity index (χ3v) is 5.39. The second-order valence-electron chi connectivity index (χ2n) is 5.83. The first-order valence-corrected chi connectivity index (χ1v) is 9.04. The molecule has 0 fully saturated rings. The quantitative estimate of drug-likeness (QED) is 0.575. The fraction of sp³-hybridized carbons (Fsp3) is 0.278. The van der Waals surface area contributed by atoms with Crippen molar-refractivity contribution in [3.8, 4) is 5.75 Å². The van der Waals surface area contributed by atoms with Crippen molar-refractivity contribution in [3.63, 3.8) is 0 Å². The number of benzene rings is 2. The van der Waals surface area contributed by atoms with Gasteiger partial charge in [-0.1, -0.05) is 0 Å². The minimum absolute atomic E-state index is 0.114. The number of Topliss-reactive ketones (excluding diaryl/α,β-unsaturated/α-hetero) is 1. The van der Waals surface area contributed by atoms with Gasteiger partial charge >= 0.3 is 137 Å². The maximum atomic E-state index is 11.3. The van der Waals surface area contributed by atoms with Crippen LogP contribution in [0.3, 0.4) is 0 Å². The molecule has 2 rings (SSSR count). The molecule has 2 aromatic rings. The fourth-order valence-corrected chi connectivity index (χ4v) is 3.95. The van der Waals surface area contributed by atoms with Crippen molar-refractivity contribution >= 4 is 5.78 Å². The zero-order valence-corrected chi connectivity index (χ0v) is 15.0. The Balaban J connectivity index is 2.04. The Hall–Kier alpha value is -1.36. The van der Waals surface area contributed by atoms with Crippen molar-refractivity contribution in [2.45, 2.75) is 33.3 Å². The van der Waals surface area contributed by atoms with Gasteiger partial charge in [0.05, 0.1) is 0 Å². The first kappa shape index (κ1) is 16.0. The molecule has 21 heavy (non-hydrogen) atoms. The number of ketones is 1. The van der Waals surface area contributed by atoms with E-state index in [1.165, 1.54) is 7.14 Å².